The highest BCUT2D eigenvalue weighted by Crippen LogP contribution is 2.28. The first-order valence-corrected chi connectivity index (χ1v) is 8.26. The number of rotatable bonds is 3. The number of halogens is 1. The molecule has 0 bridgehead atoms. The van der Waals surface area contributed by atoms with Crippen molar-refractivity contribution in [1.29, 1.82) is 5.26 Å². The number of nitrogens with zero attached hydrogens (tertiary/aromatic N) is 2. The monoisotopic (exact) mass is 356 g/mol. The van der Waals surface area contributed by atoms with E-state index in [-0.39, 0.29) is 17.7 Å². The molecule has 1 saturated heterocycles. The van der Waals surface area contributed by atoms with E-state index in [1.807, 2.05) is 12.1 Å². The van der Waals surface area contributed by atoms with E-state index in [1.165, 1.54) is 6.07 Å². The van der Waals surface area contributed by atoms with Crippen LogP contribution in [0.25, 0.3) is 0 Å². The first-order valence-electron chi connectivity index (χ1n) is 7.89. The van der Waals surface area contributed by atoms with Gasteiger partial charge in [0.25, 0.3) is 5.91 Å². The number of anilines is 1. The van der Waals surface area contributed by atoms with E-state index >= 15 is 0 Å². The summed E-state index contributed by atoms with van der Waals surface area (Å²) in [7, 11) is 0. The third-order valence-corrected chi connectivity index (χ3v) is 4.18. The van der Waals surface area contributed by atoms with E-state index in [9.17, 15) is 4.79 Å². The minimum Gasteiger partial charge on any atom is -0.371 e. The van der Waals surface area contributed by atoms with E-state index in [2.05, 4.69) is 15.6 Å². The lowest BCUT2D eigenvalue weighted by Gasteiger charge is -2.24. The summed E-state index contributed by atoms with van der Waals surface area (Å²) < 4.78 is 5.70. The molecule has 1 aliphatic rings. The van der Waals surface area contributed by atoms with Crippen molar-refractivity contribution in [3.63, 3.8) is 0 Å². The van der Waals surface area contributed by atoms with Crippen LogP contribution in [-0.2, 0) is 4.74 Å². The predicted octanol–water partition coefficient (Wildman–Crippen LogP) is 2.83. The molecular weight excluding hydrogens is 340 g/mol. The number of carbonyl (C=O) groups is 1. The molecule has 0 unspecified atom stereocenters. The van der Waals surface area contributed by atoms with Gasteiger partial charge >= 0.3 is 0 Å². The largest absolute Gasteiger partial charge is 0.371 e. The number of benzene rings is 1. The third kappa shape index (κ3) is 4.15. The number of morpholine rings is 1. The number of hydrogen-bond acceptors (Lipinski definition) is 5. The highest BCUT2D eigenvalue weighted by molar-refractivity contribution is 6.34. The maximum Gasteiger partial charge on any atom is 0.255 e. The van der Waals surface area contributed by atoms with Crippen LogP contribution in [0.15, 0.2) is 30.3 Å². The van der Waals surface area contributed by atoms with E-state index < -0.39 is 0 Å². The van der Waals surface area contributed by atoms with Gasteiger partial charge in [0, 0.05) is 24.3 Å². The normalized spacial score (nSPS) is 16.9. The zero-order chi connectivity index (χ0) is 17.8. The van der Waals surface area contributed by atoms with Gasteiger partial charge in [-0.25, -0.2) is 4.98 Å². The number of nitrogens with one attached hydrogen (secondary N) is 2. The number of hydrogen-bond donors (Lipinski definition) is 2. The van der Waals surface area contributed by atoms with Gasteiger partial charge < -0.3 is 15.4 Å². The lowest BCUT2D eigenvalue weighted by atomic mass is 10.1. The van der Waals surface area contributed by atoms with Crippen molar-refractivity contribution in [1.82, 2.24) is 10.3 Å². The molecule has 2 heterocycles. The van der Waals surface area contributed by atoms with Gasteiger partial charge in [-0.3, -0.25) is 4.79 Å². The van der Waals surface area contributed by atoms with Gasteiger partial charge in [-0.1, -0.05) is 17.7 Å². The van der Waals surface area contributed by atoms with Gasteiger partial charge in [-0.15, -0.1) is 0 Å². The van der Waals surface area contributed by atoms with Crippen molar-refractivity contribution < 1.29 is 9.53 Å². The lowest BCUT2D eigenvalue weighted by molar-refractivity contribution is 0.0277. The predicted molar refractivity (Wildman–Crippen MR) is 94.7 cm³/mol. The maximum absolute atomic E-state index is 12.4. The molecule has 0 saturated carbocycles. The Labute approximate surface area is 150 Å². The van der Waals surface area contributed by atoms with Gasteiger partial charge in [0.2, 0.25) is 0 Å². The molecule has 1 atom stereocenters. The zero-order valence-electron chi connectivity index (χ0n) is 13.7. The second kappa shape index (κ2) is 7.62. The Bertz CT molecular complexity index is 841. The van der Waals surface area contributed by atoms with Crippen LogP contribution in [0, 0.1) is 18.3 Å². The van der Waals surface area contributed by atoms with Crippen LogP contribution < -0.4 is 10.6 Å². The number of nitriles is 1. The summed E-state index contributed by atoms with van der Waals surface area (Å²) in [6.45, 7) is 3.96. The summed E-state index contributed by atoms with van der Waals surface area (Å²) >= 11 is 6.31. The number of pyridine rings is 1. The lowest BCUT2D eigenvalue weighted by Crippen LogP contribution is -2.33. The van der Waals surface area contributed by atoms with Crippen molar-refractivity contribution in [2.24, 2.45) is 0 Å². The molecule has 7 heteroatoms. The molecule has 1 aromatic carbocycles. The average Bonchev–Trinajstić information content (AvgIpc) is 2.63. The van der Waals surface area contributed by atoms with E-state index in [0.717, 1.165) is 18.7 Å². The quantitative estimate of drug-likeness (QED) is 0.883. The van der Waals surface area contributed by atoms with Crippen molar-refractivity contribution in [3.05, 3.63) is 57.9 Å². The third-order valence-electron chi connectivity index (χ3n) is 3.87. The number of carbonyl (C=O) groups excluding carboxylic acids is 1. The maximum atomic E-state index is 12.4. The first kappa shape index (κ1) is 17.4. The summed E-state index contributed by atoms with van der Waals surface area (Å²) in [5.74, 6) is -0.341. The van der Waals surface area contributed by atoms with Crippen LogP contribution in [0.3, 0.4) is 0 Å². The summed E-state index contributed by atoms with van der Waals surface area (Å²) in [4.78, 5) is 16.5. The average molecular weight is 357 g/mol. The van der Waals surface area contributed by atoms with Crippen LogP contribution in [0.2, 0.25) is 5.02 Å². The fourth-order valence-corrected chi connectivity index (χ4v) is 2.90. The Kier molecular flexibility index (Phi) is 5.29. The minimum absolute atomic E-state index is 0.0444. The van der Waals surface area contributed by atoms with Crippen LogP contribution in [0.1, 0.15) is 33.4 Å². The molecule has 1 aliphatic heterocycles. The van der Waals surface area contributed by atoms with Gasteiger partial charge in [0.05, 0.1) is 23.4 Å². The van der Waals surface area contributed by atoms with Crippen LogP contribution >= 0.6 is 11.6 Å². The molecule has 2 aromatic rings. The summed E-state index contributed by atoms with van der Waals surface area (Å²) in [6, 6.07) is 10.5. The fourth-order valence-electron chi connectivity index (χ4n) is 2.66. The SMILES string of the molecule is Cc1cc(C(=O)Nc2ccc([C@H]3CNCCO3)cc2Cl)cc(C#N)n1. The molecular formula is C18H17ClN4O2. The van der Waals surface area contributed by atoms with Crippen LogP contribution in [0.4, 0.5) is 5.69 Å². The van der Waals surface area contributed by atoms with Gasteiger partial charge in [0.1, 0.15) is 11.8 Å². The second-order valence-corrected chi connectivity index (χ2v) is 6.16. The Morgan fingerprint density at radius 2 is 2.28 bits per heavy atom. The highest BCUT2D eigenvalue weighted by atomic mass is 35.5. The molecule has 128 valence electrons. The Hall–Kier alpha value is -2.46. The van der Waals surface area contributed by atoms with Gasteiger partial charge in [-0.05, 0) is 36.8 Å². The van der Waals surface area contributed by atoms with E-state index in [0.29, 0.717) is 28.6 Å². The molecule has 6 nitrogen and oxygen atoms in total. The molecule has 0 spiro atoms. The van der Waals surface area contributed by atoms with Gasteiger partial charge in [-0.2, -0.15) is 5.26 Å². The van der Waals surface area contributed by atoms with Crippen LogP contribution in [0.5, 0.6) is 0 Å². The van der Waals surface area contributed by atoms with Crippen molar-refractivity contribution >= 4 is 23.2 Å². The molecule has 1 fully saturated rings. The molecule has 0 aliphatic carbocycles. The summed E-state index contributed by atoms with van der Waals surface area (Å²) in [5, 5.41) is 15.4. The van der Waals surface area contributed by atoms with Crippen molar-refractivity contribution in [2.75, 3.05) is 25.0 Å². The first-order chi connectivity index (χ1) is 12.1. The molecule has 2 N–H and O–H groups in total. The standard InChI is InChI=1S/C18H17ClN4O2/c1-11-6-13(7-14(9-20)22-11)18(24)23-16-3-2-12(8-15(16)19)17-10-21-4-5-25-17/h2-3,6-8,17,21H,4-5,10H2,1H3,(H,23,24)/t17-/m1/s1. The second-order valence-electron chi connectivity index (χ2n) is 5.75. The molecule has 3 rings (SSSR count). The number of aryl methyl sites for hydroxylation is 1. The zero-order valence-corrected chi connectivity index (χ0v) is 14.4. The Morgan fingerprint density at radius 1 is 1.44 bits per heavy atom. The van der Waals surface area contributed by atoms with Crippen LogP contribution in [-0.4, -0.2) is 30.6 Å². The minimum atomic E-state index is -0.341. The smallest absolute Gasteiger partial charge is 0.255 e. The molecule has 1 amide bonds. The van der Waals surface area contributed by atoms with Crippen molar-refractivity contribution in [3.8, 4) is 6.07 Å². The highest BCUT2D eigenvalue weighted by Gasteiger charge is 2.17. The van der Waals surface area contributed by atoms with E-state index in [1.54, 1.807) is 25.1 Å². The number of ether oxygens (including phenoxy) is 1. The summed E-state index contributed by atoms with van der Waals surface area (Å²) in [6.07, 6.45) is -0.0444. The van der Waals surface area contributed by atoms with Crippen molar-refractivity contribution in [2.45, 2.75) is 13.0 Å². The molecule has 0 radical (unpaired) electrons. The Morgan fingerprint density at radius 3 is 2.96 bits per heavy atom. The fraction of sp³-hybridized carbons (Fsp3) is 0.278. The van der Waals surface area contributed by atoms with Gasteiger partial charge in [0.15, 0.2) is 0 Å². The topological polar surface area (TPSA) is 87.0 Å². The number of aromatic nitrogens is 1. The van der Waals surface area contributed by atoms with E-state index in [4.69, 9.17) is 21.6 Å². The Balaban J connectivity index is 1.77. The molecule has 25 heavy (non-hydrogen) atoms. The number of amides is 1. The molecule has 1 aromatic heterocycles. The summed E-state index contributed by atoms with van der Waals surface area (Å²) in [5.41, 5.74) is 2.64.